The van der Waals surface area contributed by atoms with E-state index in [1.54, 1.807) is 0 Å². The van der Waals surface area contributed by atoms with Crippen molar-refractivity contribution < 1.29 is 14.3 Å². The number of fused-ring (bicyclic) bond motifs is 1. The fourth-order valence-corrected chi connectivity index (χ4v) is 3.43. The Morgan fingerprint density at radius 2 is 1.93 bits per heavy atom. The lowest BCUT2D eigenvalue weighted by Gasteiger charge is -2.23. The van der Waals surface area contributed by atoms with Gasteiger partial charge in [0.2, 0.25) is 5.91 Å². The number of halogens is 1. The van der Waals surface area contributed by atoms with Crippen molar-refractivity contribution in [2.45, 2.75) is 25.4 Å². The Labute approximate surface area is 165 Å². The highest BCUT2D eigenvalue weighted by atomic mass is 35.5. The Morgan fingerprint density at radius 3 is 2.70 bits per heavy atom. The molecule has 0 aromatic heterocycles. The molecule has 1 amide bonds. The standard InChI is InChI=1S/C21H24N2O3.ClH/c24-21(12-19-14-25-10-8-22-19)23-13-15-1-3-16(4-2-15)17-5-6-20-18(11-17)7-9-26-20;/h1-6,11,19,22H,7-10,12-14H2,(H,23,24);1H. The first kappa shape index (κ1) is 19.7. The molecule has 1 atom stereocenters. The second kappa shape index (κ2) is 9.22. The van der Waals surface area contributed by atoms with Crippen molar-refractivity contribution in [3.63, 3.8) is 0 Å². The summed E-state index contributed by atoms with van der Waals surface area (Å²) in [5, 5.41) is 6.29. The number of benzene rings is 2. The number of carbonyl (C=O) groups is 1. The van der Waals surface area contributed by atoms with Gasteiger partial charge in [-0.3, -0.25) is 4.79 Å². The van der Waals surface area contributed by atoms with Crippen LogP contribution in [0.15, 0.2) is 42.5 Å². The van der Waals surface area contributed by atoms with Gasteiger partial charge in [0.1, 0.15) is 5.75 Å². The maximum atomic E-state index is 12.1. The Hall–Kier alpha value is -2.08. The van der Waals surface area contributed by atoms with Gasteiger partial charge in [-0.15, -0.1) is 12.4 Å². The summed E-state index contributed by atoms with van der Waals surface area (Å²) in [5.41, 5.74) is 4.75. The first-order chi connectivity index (χ1) is 12.8. The van der Waals surface area contributed by atoms with Crippen LogP contribution in [0, 0.1) is 0 Å². The van der Waals surface area contributed by atoms with E-state index in [4.69, 9.17) is 9.47 Å². The van der Waals surface area contributed by atoms with Gasteiger partial charge in [-0.25, -0.2) is 0 Å². The minimum absolute atomic E-state index is 0. The number of carbonyl (C=O) groups excluding carboxylic acids is 1. The van der Waals surface area contributed by atoms with Crippen LogP contribution in [0.3, 0.4) is 0 Å². The van der Waals surface area contributed by atoms with Gasteiger partial charge in [-0.2, -0.15) is 0 Å². The van der Waals surface area contributed by atoms with E-state index in [1.807, 2.05) is 0 Å². The third kappa shape index (κ3) is 5.01. The molecular weight excluding hydrogens is 364 g/mol. The molecule has 0 radical (unpaired) electrons. The third-order valence-electron chi connectivity index (χ3n) is 4.90. The van der Waals surface area contributed by atoms with Crippen LogP contribution in [-0.2, 0) is 22.5 Å². The van der Waals surface area contributed by atoms with E-state index in [0.717, 1.165) is 37.5 Å². The molecule has 4 rings (SSSR count). The van der Waals surface area contributed by atoms with Crippen molar-refractivity contribution >= 4 is 18.3 Å². The molecule has 5 nitrogen and oxygen atoms in total. The second-order valence-corrected chi connectivity index (χ2v) is 6.82. The largest absolute Gasteiger partial charge is 0.493 e. The lowest BCUT2D eigenvalue weighted by molar-refractivity contribution is -0.122. The van der Waals surface area contributed by atoms with E-state index < -0.39 is 0 Å². The summed E-state index contributed by atoms with van der Waals surface area (Å²) in [5.74, 6) is 1.06. The minimum Gasteiger partial charge on any atom is -0.493 e. The van der Waals surface area contributed by atoms with Crippen LogP contribution in [0.25, 0.3) is 11.1 Å². The maximum absolute atomic E-state index is 12.1. The molecule has 2 N–H and O–H groups in total. The van der Waals surface area contributed by atoms with Crippen molar-refractivity contribution in [1.29, 1.82) is 0 Å². The topological polar surface area (TPSA) is 59.6 Å². The van der Waals surface area contributed by atoms with E-state index in [-0.39, 0.29) is 24.4 Å². The quantitative estimate of drug-likeness (QED) is 0.826. The molecule has 0 saturated carbocycles. The summed E-state index contributed by atoms with van der Waals surface area (Å²) in [6.45, 7) is 3.47. The lowest BCUT2D eigenvalue weighted by atomic mass is 10.0. The summed E-state index contributed by atoms with van der Waals surface area (Å²) in [7, 11) is 0. The number of amides is 1. The van der Waals surface area contributed by atoms with E-state index in [9.17, 15) is 4.79 Å². The highest BCUT2D eigenvalue weighted by Crippen LogP contribution is 2.30. The molecule has 27 heavy (non-hydrogen) atoms. The van der Waals surface area contributed by atoms with Crippen LogP contribution in [0.1, 0.15) is 17.5 Å². The summed E-state index contributed by atoms with van der Waals surface area (Å²) in [4.78, 5) is 12.1. The van der Waals surface area contributed by atoms with E-state index in [0.29, 0.717) is 19.6 Å². The summed E-state index contributed by atoms with van der Waals surface area (Å²) in [6.07, 6.45) is 1.43. The fraction of sp³-hybridized carbons (Fsp3) is 0.381. The molecule has 0 bridgehead atoms. The molecule has 144 valence electrons. The Bertz CT molecular complexity index is 773. The minimum atomic E-state index is 0. The second-order valence-electron chi connectivity index (χ2n) is 6.82. The number of hydrogen-bond acceptors (Lipinski definition) is 4. The van der Waals surface area contributed by atoms with E-state index in [1.165, 1.54) is 16.7 Å². The number of rotatable bonds is 5. The van der Waals surface area contributed by atoms with Gasteiger partial charge in [0, 0.05) is 32.0 Å². The molecule has 0 aliphatic carbocycles. The van der Waals surface area contributed by atoms with Gasteiger partial charge in [-0.1, -0.05) is 30.3 Å². The third-order valence-corrected chi connectivity index (χ3v) is 4.90. The SMILES string of the molecule is Cl.O=C(CC1COCCN1)NCc1ccc(-c2ccc3c(c2)CCO3)cc1. The number of nitrogens with one attached hydrogen (secondary N) is 2. The van der Waals surface area contributed by atoms with Gasteiger partial charge in [0.15, 0.2) is 0 Å². The smallest absolute Gasteiger partial charge is 0.221 e. The molecule has 2 aliphatic rings. The van der Waals surface area contributed by atoms with Gasteiger partial charge < -0.3 is 20.1 Å². The molecule has 2 aromatic rings. The van der Waals surface area contributed by atoms with Gasteiger partial charge >= 0.3 is 0 Å². The van der Waals surface area contributed by atoms with Crippen LogP contribution in [0.2, 0.25) is 0 Å². The Balaban J connectivity index is 0.00000210. The maximum Gasteiger partial charge on any atom is 0.221 e. The highest BCUT2D eigenvalue weighted by molar-refractivity contribution is 5.85. The highest BCUT2D eigenvalue weighted by Gasteiger charge is 2.16. The van der Waals surface area contributed by atoms with Crippen molar-refractivity contribution in [3.8, 4) is 16.9 Å². The van der Waals surface area contributed by atoms with Crippen molar-refractivity contribution in [1.82, 2.24) is 10.6 Å². The molecule has 1 unspecified atom stereocenters. The van der Waals surface area contributed by atoms with Crippen molar-refractivity contribution in [2.75, 3.05) is 26.4 Å². The van der Waals surface area contributed by atoms with Gasteiger partial charge in [-0.05, 0) is 34.4 Å². The summed E-state index contributed by atoms with van der Waals surface area (Å²) in [6, 6.07) is 14.8. The lowest BCUT2D eigenvalue weighted by Crippen LogP contribution is -2.44. The first-order valence-electron chi connectivity index (χ1n) is 9.21. The van der Waals surface area contributed by atoms with Crippen LogP contribution >= 0.6 is 12.4 Å². The molecule has 6 heteroatoms. The number of hydrogen-bond donors (Lipinski definition) is 2. The Morgan fingerprint density at radius 1 is 1.11 bits per heavy atom. The van der Waals surface area contributed by atoms with Crippen molar-refractivity contribution in [2.24, 2.45) is 0 Å². The summed E-state index contributed by atoms with van der Waals surface area (Å²) >= 11 is 0. The molecule has 1 fully saturated rings. The molecule has 2 aromatic carbocycles. The normalized spacial score (nSPS) is 18.1. The molecular formula is C21H25ClN2O3. The van der Waals surface area contributed by atoms with Crippen molar-refractivity contribution in [3.05, 3.63) is 53.6 Å². The zero-order valence-corrected chi connectivity index (χ0v) is 16.0. The van der Waals surface area contributed by atoms with E-state index in [2.05, 4.69) is 53.1 Å². The van der Waals surface area contributed by atoms with Crippen LogP contribution in [0.4, 0.5) is 0 Å². The summed E-state index contributed by atoms with van der Waals surface area (Å²) < 4.78 is 10.9. The number of ether oxygens (including phenoxy) is 2. The monoisotopic (exact) mass is 388 g/mol. The molecule has 0 spiro atoms. The zero-order chi connectivity index (χ0) is 17.8. The first-order valence-corrected chi connectivity index (χ1v) is 9.21. The van der Waals surface area contributed by atoms with Crippen LogP contribution in [0.5, 0.6) is 5.75 Å². The van der Waals surface area contributed by atoms with E-state index >= 15 is 0 Å². The van der Waals surface area contributed by atoms with Gasteiger partial charge in [0.05, 0.1) is 19.8 Å². The fourth-order valence-electron chi connectivity index (χ4n) is 3.43. The Kier molecular flexibility index (Phi) is 6.72. The average Bonchev–Trinajstić information content (AvgIpc) is 3.15. The van der Waals surface area contributed by atoms with Crippen LogP contribution < -0.4 is 15.4 Å². The number of morpholine rings is 1. The molecule has 1 saturated heterocycles. The van der Waals surface area contributed by atoms with Crippen LogP contribution in [-0.4, -0.2) is 38.3 Å². The average molecular weight is 389 g/mol. The molecule has 2 aliphatic heterocycles. The predicted molar refractivity (Wildman–Crippen MR) is 107 cm³/mol. The molecule has 2 heterocycles. The predicted octanol–water partition coefficient (Wildman–Crippen LogP) is 2.71. The zero-order valence-electron chi connectivity index (χ0n) is 15.2. The van der Waals surface area contributed by atoms with Gasteiger partial charge in [0.25, 0.3) is 0 Å².